The Balaban J connectivity index is 1.69. The minimum absolute atomic E-state index is 0.173. The number of esters is 1. The van der Waals surface area contributed by atoms with Gasteiger partial charge in [-0.3, -0.25) is 9.69 Å². The number of carbonyl (C=O) groups excluding carboxylic acids is 3. The quantitative estimate of drug-likeness (QED) is 0.305. The summed E-state index contributed by atoms with van der Waals surface area (Å²) in [4.78, 5) is 40.5. The zero-order chi connectivity index (χ0) is 25.2. The van der Waals surface area contributed by atoms with Gasteiger partial charge in [0.15, 0.2) is 0 Å². The summed E-state index contributed by atoms with van der Waals surface area (Å²) in [5, 5.41) is 0. The van der Waals surface area contributed by atoms with Crippen molar-refractivity contribution in [3.63, 3.8) is 0 Å². The van der Waals surface area contributed by atoms with Gasteiger partial charge >= 0.3 is 12.1 Å². The number of carbonyl (C=O) groups is 3. The van der Waals surface area contributed by atoms with Crippen molar-refractivity contribution in [1.29, 1.82) is 0 Å². The second-order valence-corrected chi connectivity index (χ2v) is 7.62. The third-order valence-electron chi connectivity index (χ3n) is 5.23. The number of benzene rings is 3. The second kappa shape index (κ2) is 12.2. The van der Waals surface area contributed by atoms with Crippen LogP contribution in [0.5, 0.6) is 0 Å². The largest absolute Gasteiger partial charge is 0.462 e. The van der Waals surface area contributed by atoms with Crippen LogP contribution in [0.15, 0.2) is 91.5 Å². The molecule has 0 unspecified atom stereocenters. The lowest BCUT2D eigenvalue weighted by Crippen LogP contribution is -2.31. The number of ether oxygens (including phenoxy) is 2. The van der Waals surface area contributed by atoms with E-state index in [4.69, 9.17) is 9.47 Å². The fourth-order valence-electron chi connectivity index (χ4n) is 3.33. The molecule has 0 aliphatic rings. The molecule has 35 heavy (non-hydrogen) atoms. The predicted molar refractivity (Wildman–Crippen MR) is 136 cm³/mol. The van der Waals surface area contributed by atoms with Gasteiger partial charge in [0.2, 0.25) is 0 Å². The number of anilines is 2. The van der Waals surface area contributed by atoms with Crippen LogP contribution >= 0.6 is 0 Å². The van der Waals surface area contributed by atoms with Crippen LogP contribution in [0, 0.1) is 0 Å². The average Bonchev–Trinajstić information content (AvgIpc) is 2.90. The molecule has 2 amide bonds. The Morgan fingerprint density at radius 1 is 0.829 bits per heavy atom. The zero-order valence-electron chi connectivity index (χ0n) is 19.8. The van der Waals surface area contributed by atoms with Crippen LogP contribution in [0.25, 0.3) is 0 Å². The van der Waals surface area contributed by atoms with Crippen LogP contribution in [0.2, 0.25) is 0 Å². The van der Waals surface area contributed by atoms with Crippen molar-refractivity contribution >= 4 is 29.3 Å². The van der Waals surface area contributed by atoms with Gasteiger partial charge in [-0.05, 0) is 61.0 Å². The van der Waals surface area contributed by atoms with Gasteiger partial charge in [0.05, 0.1) is 12.2 Å². The minimum Gasteiger partial charge on any atom is -0.462 e. The van der Waals surface area contributed by atoms with Crippen molar-refractivity contribution < 1.29 is 23.9 Å². The lowest BCUT2D eigenvalue weighted by molar-refractivity contribution is 0.0526. The standard InChI is InChI=1S/C28H28N2O5/c1-4-19-30(25-17-13-23(14-18-25)27(32)34-5-2)26(31)22-11-15-24(16-12-22)29(3)28(33)35-20-21-9-7-6-8-10-21/h4,6-18H,1,5,19-20H2,2-3H3. The molecule has 7 heteroatoms. The van der Waals surface area contributed by atoms with Crippen LogP contribution in [-0.2, 0) is 16.1 Å². The van der Waals surface area contributed by atoms with Crippen LogP contribution in [-0.4, -0.2) is 38.2 Å². The maximum Gasteiger partial charge on any atom is 0.414 e. The highest BCUT2D eigenvalue weighted by atomic mass is 16.6. The Morgan fingerprint density at radius 3 is 2.03 bits per heavy atom. The predicted octanol–water partition coefficient (Wildman–Crippen LogP) is 5.47. The molecule has 3 aromatic rings. The van der Waals surface area contributed by atoms with Crippen molar-refractivity contribution in [1.82, 2.24) is 0 Å². The number of hydrogen-bond donors (Lipinski definition) is 0. The molecule has 0 saturated carbocycles. The molecule has 0 radical (unpaired) electrons. The molecule has 0 N–H and O–H groups in total. The maximum atomic E-state index is 13.2. The highest BCUT2D eigenvalue weighted by molar-refractivity contribution is 6.06. The molecule has 0 aliphatic heterocycles. The van der Waals surface area contributed by atoms with Gasteiger partial charge < -0.3 is 14.4 Å². The lowest BCUT2D eigenvalue weighted by Gasteiger charge is -2.22. The van der Waals surface area contributed by atoms with E-state index >= 15 is 0 Å². The summed E-state index contributed by atoms with van der Waals surface area (Å²) in [6.07, 6.45) is 1.13. The summed E-state index contributed by atoms with van der Waals surface area (Å²) in [5.74, 6) is -0.655. The third kappa shape index (κ3) is 6.57. The van der Waals surface area contributed by atoms with E-state index in [0.29, 0.717) is 22.5 Å². The summed E-state index contributed by atoms with van der Waals surface area (Å²) in [7, 11) is 1.61. The molecule has 0 heterocycles. The third-order valence-corrected chi connectivity index (χ3v) is 5.23. The van der Waals surface area contributed by atoms with Gasteiger partial charge in [0, 0.05) is 30.5 Å². The van der Waals surface area contributed by atoms with Crippen molar-refractivity contribution in [3.05, 3.63) is 108 Å². The van der Waals surface area contributed by atoms with E-state index in [1.165, 1.54) is 4.90 Å². The van der Waals surface area contributed by atoms with Crippen LogP contribution in [0.3, 0.4) is 0 Å². The molecule has 0 atom stereocenters. The fraction of sp³-hybridized carbons (Fsp3) is 0.179. The Kier molecular flexibility index (Phi) is 8.78. The minimum atomic E-state index is -0.497. The first-order valence-electron chi connectivity index (χ1n) is 11.2. The summed E-state index contributed by atoms with van der Waals surface area (Å²) >= 11 is 0. The van der Waals surface area contributed by atoms with E-state index in [0.717, 1.165) is 5.56 Å². The summed E-state index contributed by atoms with van der Waals surface area (Å²) in [5.41, 5.74) is 2.96. The molecule has 0 fully saturated rings. The van der Waals surface area contributed by atoms with Crippen LogP contribution < -0.4 is 9.80 Å². The van der Waals surface area contributed by atoms with E-state index < -0.39 is 12.1 Å². The van der Waals surface area contributed by atoms with Gasteiger partial charge in [0.25, 0.3) is 5.91 Å². The van der Waals surface area contributed by atoms with E-state index in [2.05, 4.69) is 6.58 Å². The first-order valence-corrected chi connectivity index (χ1v) is 11.2. The first kappa shape index (κ1) is 25.2. The van der Waals surface area contributed by atoms with E-state index in [9.17, 15) is 14.4 Å². The molecule has 3 aromatic carbocycles. The topological polar surface area (TPSA) is 76.2 Å². The number of hydrogen-bond acceptors (Lipinski definition) is 5. The van der Waals surface area contributed by atoms with Crippen molar-refractivity contribution in [3.8, 4) is 0 Å². The molecule has 0 aliphatic carbocycles. The molecule has 3 rings (SSSR count). The van der Waals surface area contributed by atoms with Gasteiger partial charge in [-0.25, -0.2) is 9.59 Å². The van der Waals surface area contributed by atoms with Crippen LogP contribution in [0.4, 0.5) is 16.2 Å². The smallest absolute Gasteiger partial charge is 0.414 e. The highest BCUT2D eigenvalue weighted by Gasteiger charge is 2.19. The average molecular weight is 473 g/mol. The first-order chi connectivity index (χ1) is 16.9. The van der Waals surface area contributed by atoms with E-state index in [1.54, 1.807) is 73.5 Å². The van der Waals surface area contributed by atoms with Gasteiger partial charge in [-0.15, -0.1) is 6.58 Å². The van der Waals surface area contributed by atoms with Gasteiger partial charge in [-0.2, -0.15) is 0 Å². The van der Waals surface area contributed by atoms with Crippen molar-refractivity contribution in [2.45, 2.75) is 13.5 Å². The molecular weight excluding hydrogens is 444 g/mol. The van der Waals surface area contributed by atoms with Gasteiger partial charge in [-0.1, -0.05) is 36.4 Å². The number of amides is 2. The number of rotatable bonds is 9. The molecular formula is C28H28N2O5. The molecule has 0 bridgehead atoms. The lowest BCUT2D eigenvalue weighted by atomic mass is 10.1. The zero-order valence-corrected chi connectivity index (χ0v) is 19.8. The molecule has 7 nitrogen and oxygen atoms in total. The number of nitrogens with zero attached hydrogens (tertiary/aromatic N) is 2. The van der Waals surface area contributed by atoms with Crippen LogP contribution in [0.1, 0.15) is 33.2 Å². The van der Waals surface area contributed by atoms with Crippen molar-refractivity contribution in [2.24, 2.45) is 0 Å². The van der Waals surface area contributed by atoms with Crippen molar-refractivity contribution in [2.75, 3.05) is 30.0 Å². The monoisotopic (exact) mass is 472 g/mol. The fourth-order valence-corrected chi connectivity index (χ4v) is 3.33. The molecule has 0 saturated heterocycles. The molecule has 180 valence electrons. The maximum absolute atomic E-state index is 13.2. The summed E-state index contributed by atoms with van der Waals surface area (Å²) < 4.78 is 10.4. The molecule has 0 aromatic heterocycles. The molecule has 0 spiro atoms. The van der Waals surface area contributed by atoms with Gasteiger partial charge in [0.1, 0.15) is 6.61 Å². The van der Waals surface area contributed by atoms with E-state index in [1.807, 2.05) is 30.3 Å². The summed E-state index contributed by atoms with van der Waals surface area (Å²) in [6.45, 7) is 6.23. The Morgan fingerprint density at radius 2 is 1.43 bits per heavy atom. The Hall–Kier alpha value is -4.39. The Bertz CT molecular complexity index is 1160. The Labute approximate surface area is 205 Å². The van der Waals surface area contributed by atoms with E-state index in [-0.39, 0.29) is 25.7 Å². The second-order valence-electron chi connectivity index (χ2n) is 7.62. The SMILES string of the molecule is C=CCN(C(=O)c1ccc(N(C)C(=O)OCc2ccccc2)cc1)c1ccc(C(=O)OCC)cc1. The normalized spacial score (nSPS) is 10.2. The summed E-state index contributed by atoms with van der Waals surface area (Å²) in [6, 6.07) is 22.7. The highest BCUT2D eigenvalue weighted by Crippen LogP contribution is 2.21.